The van der Waals surface area contributed by atoms with Crippen molar-refractivity contribution in [3.8, 4) is 0 Å². The van der Waals surface area contributed by atoms with Gasteiger partial charge in [-0.3, -0.25) is 9.59 Å². The maximum absolute atomic E-state index is 12.1. The van der Waals surface area contributed by atoms with E-state index in [9.17, 15) is 14.4 Å². The lowest BCUT2D eigenvalue weighted by molar-refractivity contribution is -0.146. The van der Waals surface area contributed by atoms with E-state index in [-0.39, 0.29) is 36.8 Å². The predicted molar refractivity (Wildman–Crippen MR) is 89.4 cm³/mol. The number of piperidine rings is 1. The summed E-state index contributed by atoms with van der Waals surface area (Å²) < 4.78 is 4.72. The molecule has 24 heavy (non-hydrogen) atoms. The molecule has 0 atom stereocenters. The van der Waals surface area contributed by atoms with Crippen molar-refractivity contribution in [2.24, 2.45) is 5.92 Å². The lowest BCUT2D eigenvalue weighted by Gasteiger charge is -2.30. The van der Waals surface area contributed by atoms with Crippen LogP contribution in [-0.4, -0.2) is 49.6 Å². The van der Waals surface area contributed by atoms with Gasteiger partial charge in [-0.1, -0.05) is 18.2 Å². The largest absolute Gasteiger partial charge is 0.469 e. The van der Waals surface area contributed by atoms with Crippen molar-refractivity contribution >= 4 is 23.6 Å². The highest BCUT2D eigenvalue weighted by Gasteiger charge is 2.27. The molecule has 130 valence electrons. The van der Waals surface area contributed by atoms with Crippen LogP contribution in [-0.2, 0) is 14.3 Å². The van der Waals surface area contributed by atoms with E-state index in [4.69, 9.17) is 4.74 Å². The number of hydrogen-bond acceptors (Lipinski definition) is 4. The maximum atomic E-state index is 12.1. The van der Waals surface area contributed by atoms with E-state index < -0.39 is 0 Å². The highest BCUT2D eigenvalue weighted by molar-refractivity contribution is 5.91. The fraction of sp³-hybridized carbons (Fsp3) is 0.471. The van der Waals surface area contributed by atoms with Crippen LogP contribution in [0.1, 0.15) is 19.3 Å². The zero-order chi connectivity index (χ0) is 17.4. The summed E-state index contributed by atoms with van der Waals surface area (Å²) in [6.07, 6.45) is 1.42. The molecule has 2 rings (SSSR count). The Morgan fingerprint density at radius 1 is 1.17 bits per heavy atom. The molecule has 0 radical (unpaired) electrons. The summed E-state index contributed by atoms with van der Waals surface area (Å²) in [4.78, 5) is 37.0. The highest BCUT2D eigenvalue weighted by Crippen LogP contribution is 2.18. The minimum atomic E-state index is -0.215. The van der Waals surface area contributed by atoms with Crippen LogP contribution < -0.4 is 10.6 Å². The quantitative estimate of drug-likeness (QED) is 0.801. The Balaban J connectivity index is 1.65. The number of para-hydroxylation sites is 1. The summed E-state index contributed by atoms with van der Waals surface area (Å²) in [5.41, 5.74) is 0.735. The Bertz CT molecular complexity index is 568. The summed E-state index contributed by atoms with van der Waals surface area (Å²) in [5, 5.41) is 5.50. The molecule has 1 aliphatic heterocycles. The molecule has 2 N–H and O–H groups in total. The van der Waals surface area contributed by atoms with Crippen molar-refractivity contribution < 1.29 is 19.1 Å². The number of carbonyl (C=O) groups is 3. The first-order valence-corrected chi connectivity index (χ1v) is 8.05. The van der Waals surface area contributed by atoms with Gasteiger partial charge in [0.1, 0.15) is 0 Å². The van der Waals surface area contributed by atoms with Gasteiger partial charge in [0, 0.05) is 31.7 Å². The fourth-order valence-corrected chi connectivity index (χ4v) is 2.62. The van der Waals surface area contributed by atoms with Gasteiger partial charge in [0.25, 0.3) is 0 Å². The molecule has 1 aromatic carbocycles. The molecule has 3 amide bonds. The number of hydrogen-bond donors (Lipinski definition) is 2. The van der Waals surface area contributed by atoms with Crippen LogP contribution in [0.4, 0.5) is 10.5 Å². The number of esters is 1. The number of nitrogens with zero attached hydrogens (tertiary/aromatic N) is 1. The zero-order valence-electron chi connectivity index (χ0n) is 13.8. The molecule has 7 heteroatoms. The van der Waals surface area contributed by atoms with Gasteiger partial charge in [-0.15, -0.1) is 0 Å². The van der Waals surface area contributed by atoms with Crippen molar-refractivity contribution in [2.45, 2.75) is 19.3 Å². The van der Waals surface area contributed by atoms with Gasteiger partial charge in [-0.25, -0.2) is 4.79 Å². The van der Waals surface area contributed by atoms with Crippen molar-refractivity contribution in [1.29, 1.82) is 0 Å². The molecule has 0 spiro atoms. The van der Waals surface area contributed by atoms with Gasteiger partial charge in [-0.2, -0.15) is 0 Å². The van der Waals surface area contributed by atoms with Crippen LogP contribution in [0.3, 0.4) is 0 Å². The number of likely N-dealkylation sites (tertiary alicyclic amines) is 1. The lowest BCUT2D eigenvalue weighted by atomic mass is 9.97. The van der Waals surface area contributed by atoms with Gasteiger partial charge in [0.05, 0.1) is 13.0 Å². The third kappa shape index (κ3) is 5.26. The van der Waals surface area contributed by atoms with Crippen LogP contribution in [0.2, 0.25) is 0 Å². The normalized spacial score (nSPS) is 14.8. The summed E-state index contributed by atoms with van der Waals surface area (Å²) in [7, 11) is 1.38. The van der Waals surface area contributed by atoms with Gasteiger partial charge in [0.15, 0.2) is 0 Å². The molecular weight excluding hydrogens is 310 g/mol. The molecule has 1 aromatic rings. The molecule has 0 aliphatic carbocycles. The standard InChI is InChI=1S/C17H23N3O4/c1-24-16(22)13-8-11-20(12-9-13)17(23)18-10-7-15(21)19-14-5-3-2-4-6-14/h2-6,13H,7-12H2,1H3,(H,18,23)(H,19,21). The van der Waals surface area contributed by atoms with Gasteiger partial charge in [-0.05, 0) is 25.0 Å². The van der Waals surface area contributed by atoms with E-state index >= 15 is 0 Å². The van der Waals surface area contributed by atoms with Crippen LogP contribution in [0, 0.1) is 5.92 Å². The molecule has 0 bridgehead atoms. The van der Waals surface area contributed by atoms with E-state index in [1.54, 1.807) is 4.90 Å². The van der Waals surface area contributed by atoms with E-state index in [1.807, 2.05) is 30.3 Å². The lowest BCUT2D eigenvalue weighted by Crippen LogP contribution is -2.46. The second kappa shape index (κ2) is 8.90. The van der Waals surface area contributed by atoms with Crippen LogP contribution in [0.25, 0.3) is 0 Å². The molecule has 1 heterocycles. The number of carbonyl (C=O) groups excluding carboxylic acids is 3. The fourth-order valence-electron chi connectivity index (χ4n) is 2.62. The number of benzene rings is 1. The van der Waals surface area contributed by atoms with Gasteiger partial charge in [0.2, 0.25) is 5.91 Å². The van der Waals surface area contributed by atoms with E-state index in [2.05, 4.69) is 10.6 Å². The third-order valence-corrected chi connectivity index (χ3v) is 4.00. The molecule has 7 nitrogen and oxygen atoms in total. The number of ether oxygens (including phenoxy) is 1. The second-order valence-corrected chi connectivity index (χ2v) is 5.68. The first kappa shape index (κ1) is 17.8. The summed E-state index contributed by atoms with van der Waals surface area (Å²) in [6, 6.07) is 8.97. The Hall–Kier alpha value is -2.57. The minimum absolute atomic E-state index is 0.129. The van der Waals surface area contributed by atoms with Crippen molar-refractivity contribution in [3.63, 3.8) is 0 Å². The van der Waals surface area contributed by atoms with Crippen molar-refractivity contribution in [3.05, 3.63) is 30.3 Å². The monoisotopic (exact) mass is 333 g/mol. The molecule has 0 aromatic heterocycles. The SMILES string of the molecule is COC(=O)C1CCN(C(=O)NCCC(=O)Nc2ccccc2)CC1. The molecular formula is C17H23N3O4. The Labute approximate surface area is 141 Å². The van der Waals surface area contributed by atoms with Gasteiger partial charge < -0.3 is 20.3 Å². The number of methoxy groups -OCH3 is 1. The summed E-state index contributed by atoms with van der Waals surface area (Å²) >= 11 is 0. The average Bonchev–Trinajstić information content (AvgIpc) is 2.62. The minimum Gasteiger partial charge on any atom is -0.469 e. The topological polar surface area (TPSA) is 87.7 Å². The van der Waals surface area contributed by atoms with Crippen LogP contribution in [0.5, 0.6) is 0 Å². The molecule has 1 fully saturated rings. The summed E-state index contributed by atoms with van der Waals surface area (Å²) in [5.74, 6) is -0.491. The maximum Gasteiger partial charge on any atom is 0.317 e. The first-order valence-electron chi connectivity index (χ1n) is 8.05. The van der Waals surface area contributed by atoms with E-state index in [0.717, 1.165) is 5.69 Å². The summed E-state index contributed by atoms with van der Waals surface area (Å²) in [6.45, 7) is 1.30. The van der Waals surface area contributed by atoms with Gasteiger partial charge >= 0.3 is 12.0 Å². The van der Waals surface area contributed by atoms with Crippen LogP contribution >= 0.6 is 0 Å². The van der Waals surface area contributed by atoms with Crippen molar-refractivity contribution in [2.75, 3.05) is 32.1 Å². The number of rotatable bonds is 5. The van der Waals surface area contributed by atoms with E-state index in [0.29, 0.717) is 25.9 Å². The first-order chi connectivity index (χ1) is 11.6. The molecule has 1 aliphatic rings. The number of anilines is 1. The van der Waals surface area contributed by atoms with Crippen molar-refractivity contribution in [1.82, 2.24) is 10.2 Å². The number of nitrogens with one attached hydrogen (secondary N) is 2. The number of amides is 3. The molecule has 1 saturated heterocycles. The zero-order valence-corrected chi connectivity index (χ0v) is 13.8. The Morgan fingerprint density at radius 3 is 2.46 bits per heavy atom. The Morgan fingerprint density at radius 2 is 1.83 bits per heavy atom. The Kier molecular flexibility index (Phi) is 6.60. The number of urea groups is 1. The second-order valence-electron chi connectivity index (χ2n) is 5.68. The smallest absolute Gasteiger partial charge is 0.317 e. The average molecular weight is 333 g/mol. The predicted octanol–water partition coefficient (Wildman–Crippen LogP) is 1.61. The molecule has 0 unspecified atom stereocenters. The third-order valence-electron chi connectivity index (χ3n) is 4.00. The van der Waals surface area contributed by atoms with Crippen LogP contribution in [0.15, 0.2) is 30.3 Å². The molecule has 0 saturated carbocycles. The van der Waals surface area contributed by atoms with E-state index in [1.165, 1.54) is 7.11 Å². The highest BCUT2D eigenvalue weighted by atomic mass is 16.5.